The highest BCUT2D eigenvalue weighted by molar-refractivity contribution is 5.80. The SMILES string of the molecule is CCNC(=NCCCCN1CCC(C)CC1)NC1CC1C. The Bertz CT molecular complexity index is 321. The molecular formula is C17H34N4. The third-order valence-electron chi connectivity index (χ3n) is 4.80. The maximum absolute atomic E-state index is 4.70. The van der Waals surface area contributed by atoms with E-state index in [0.717, 1.165) is 30.9 Å². The lowest BCUT2D eigenvalue weighted by Crippen LogP contribution is -2.39. The number of aliphatic imine (C=N–C) groups is 1. The van der Waals surface area contributed by atoms with Crippen molar-refractivity contribution < 1.29 is 0 Å². The number of hydrogen-bond acceptors (Lipinski definition) is 2. The quantitative estimate of drug-likeness (QED) is 0.430. The van der Waals surface area contributed by atoms with Gasteiger partial charge in [0.05, 0.1) is 0 Å². The third-order valence-corrected chi connectivity index (χ3v) is 4.80. The van der Waals surface area contributed by atoms with Crippen molar-refractivity contribution in [3.05, 3.63) is 0 Å². The van der Waals surface area contributed by atoms with Gasteiger partial charge in [-0.3, -0.25) is 4.99 Å². The summed E-state index contributed by atoms with van der Waals surface area (Å²) in [6.07, 6.45) is 6.52. The topological polar surface area (TPSA) is 39.7 Å². The van der Waals surface area contributed by atoms with Crippen molar-refractivity contribution in [1.29, 1.82) is 0 Å². The van der Waals surface area contributed by atoms with E-state index < -0.39 is 0 Å². The van der Waals surface area contributed by atoms with Gasteiger partial charge in [-0.25, -0.2) is 0 Å². The molecule has 0 bridgehead atoms. The van der Waals surface area contributed by atoms with Gasteiger partial charge in [0.25, 0.3) is 0 Å². The van der Waals surface area contributed by atoms with Gasteiger partial charge >= 0.3 is 0 Å². The molecule has 122 valence electrons. The van der Waals surface area contributed by atoms with Crippen LogP contribution < -0.4 is 10.6 Å². The molecule has 0 aromatic rings. The molecule has 1 heterocycles. The molecular weight excluding hydrogens is 260 g/mol. The highest BCUT2D eigenvalue weighted by Gasteiger charge is 2.33. The van der Waals surface area contributed by atoms with Crippen LogP contribution in [-0.2, 0) is 0 Å². The average Bonchev–Trinajstić information content (AvgIpc) is 3.16. The van der Waals surface area contributed by atoms with Crippen LogP contribution in [0.25, 0.3) is 0 Å². The number of hydrogen-bond donors (Lipinski definition) is 2. The molecule has 2 unspecified atom stereocenters. The lowest BCUT2D eigenvalue weighted by molar-refractivity contribution is 0.190. The van der Waals surface area contributed by atoms with Gasteiger partial charge < -0.3 is 15.5 Å². The number of nitrogens with zero attached hydrogens (tertiary/aromatic N) is 2. The van der Waals surface area contributed by atoms with Crippen molar-refractivity contribution >= 4 is 5.96 Å². The number of rotatable bonds is 7. The monoisotopic (exact) mass is 294 g/mol. The van der Waals surface area contributed by atoms with Crippen molar-refractivity contribution in [2.24, 2.45) is 16.8 Å². The van der Waals surface area contributed by atoms with Gasteiger partial charge in [-0.2, -0.15) is 0 Å². The van der Waals surface area contributed by atoms with E-state index in [-0.39, 0.29) is 0 Å². The van der Waals surface area contributed by atoms with Gasteiger partial charge in [0.2, 0.25) is 0 Å². The van der Waals surface area contributed by atoms with Crippen LogP contribution in [0.5, 0.6) is 0 Å². The molecule has 2 rings (SSSR count). The number of likely N-dealkylation sites (tertiary alicyclic amines) is 1. The molecule has 2 aliphatic rings. The van der Waals surface area contributed by atoms with Crippen molar-refractivity contribution in [3.8, 4) is 0 Å². The highest BCUT2D eigenvalue weighted by Crippen LogP contribution is 2.28. The van der Waals surface area contributed by atoms with E-state index in [1.807, 2.05) is 0 Å². The molecule has 21 heavy (non-hydrogen) atoms. The Hall–Kier alpha value is -0.770. The van der Waals surface area contributed by atoms with Crippen LogP contribution >= 0.6 is 0 Å². The summed E-state index contributed by atoms with van der Waals surface area (Å²) < 4.78 is 0. The minimum atomic E-state index is 0.651. The van der Waals surface area contributed by atoms with E-state index >= 15 is 0 Å². The zero-order valence-corrected chi connectivity index (χ0v) is 14.2. The van der Waals surface area contributed by atoms with Crippen molar-refractivity contribution in [2.45, 2.75) is 58.9 Å². The molecule has 1 saturated carbocycles. The Balaban J connectivity index is 1.56. The second kappa shape index (κ2) is 8.62. The molecule has 0 radical (unpaired) electrons. The van der Waals surface area contributed by atoms with Gasteiger partial charge in [0.1, 0.15) is 0 Å². The molecule has 2 N–H and O–H groups in total. The molecule has 0 aromatic heterocycles. The Kier molecular flexibility index (Phi) is 6.81. The molecule has 0 aromatic carbocycles. The first kappa shape index (κ1) is 16.6. The first-order valence-electron chi connectivity index (χ1n) is 8.96. The maximum atomic E-state index is 4.70. The van der Waals surface area contributed by atoms with Gasteiger partial charge in [0.15, 0.2) is 5.96 Å². The van der Waals surface area contributed by atoms with E-state index in [2.05, 4.69) is 36.3 Å². The van der Waals surface area contributed by atoms with E-state index in [1.54, 1.807) is 0 Å². The summed E-state index contributed by atoms with van der Waals surface area (Å²) in [6, 6.07) is 0.651. The number of piperidine rings is 1. The molecule has 0 spiro atoms. The number of guanidine groups is 1. The Morgan fingerprint density at radius 1 is 1.19 bits per heavy atom. The standard InChI is InChI=1S/C17H34N4/c1-4-18-17(20-16-13-15(16)3)19-9-5-6-10-21-11-7-14(2)8-12-21/h14-16H,4-13H2,1-3H3,(H2,18,19,20). The lowest BCUT2D eigenvalue weighted by Gasteiger charge is -2.30. The predicted molar refractivity (Wildman–Crippen MR) is 90.8 cm³/mol. The zero-order chi connectivity index (χ0) is 15.1. The van der Waals surface area contributed by atoms with Crippen LogP contribution in [-0.4, -0.2) is 49.6 Å². The fourth-order valence-electron chi connectivity index (χ4n) is 2.94. The minimum Gasteiger partial charge on any atom is -0.357 e. The summed E-state index contributed by atoms with van der Waals surface area (Å²) in [5.74, 6) is 2.76. The molecule has 2 atom stereocenters. The van der Waals surface area contributed by atoms with Crippen LogP contribution in [0, 0.1) is 11.8 Å². The van der Waals surface area contributed by atoms with E-state index in [4.69, 9.17) is 4.99 Å². The molecule has 2 fully saturated rings. The van der Waals surface area contributed by atoms with E-state index in [0.29, 0.717) is 6.04 Å². The molecule has 4 nitrogen and oxygen atoms in total. The summed E-state index contributed by atoms with van der Waals surface area (Å²) in [5.41, 5.74) is 0. The maximum Gasteiger partial charge on any atom is 0.191 e. The summed E-state index contributed by atoms with van der Waals surface area (Å²) in [5, 5.41) is 6.86. The van der Waals surface area contributed by atoms with E-state index in [1.165, 1.54) is 51.7 Å². The Morgan fingerprint density at radius 3 is 2.52 bits per heavy atom. The molecule has 1 aliphatic heterocycles. The normalized spacial score (nSPS) is 27.7. The van der Waals surface area contributed by atoms with Crippen LogP contribution in [0.1, 0.15) is 52.9 Å². The fraction of sp³-hybridized carbons (Fsp3) is 0.941. The molecule has 1 aliphatic carbocycles. The molecule has 0 amide bonds. The van der Waals surface area contributed by atoms with Crippen molar-refractivity contribution in [3.63, 3.8) is 0 Å². The van der Waals surface area contributed by atoms with Crippen LogP contribution in [0.15, 0.2) is 4.99 Å². The predicted octanol–water partition coefficient (Wildman–Crippen LogP) is 2.46. The first-order valence-corrected chi connectivity index (χ1v) is 8.96. The van der Waals surface area contributed by atoms with Gasteiger partial charge in [-0.15, -0.1) is 0 Å². The molecule has 4 heteroatoms. The lowest BCUT2D eigenvalue weighted by atomic mass is 9.99. The van der Waals surface area contributed by atoms with Gasteiger partial charge in [-0.1, -0.05) is 13.8 Å². The van der Waals surface area contributed by atoms with Crippen molar-refractivity contribution in [1.82, 2.24) is 15.5 Å². The average molecular weight is 294 g/mol. The second-order valence-corrected chi connectivity index (χ2v) is 6.96. The molecule has 1 saturated heterocycles. The Morgan fingerprint density at radius 2 is 1.90 bits per heavy atom. The summed E-state index contributed by atoms with van der Waals surface area (Å²) >= 11 is 0. The summed E-state index contributed by atoms with van der Waals surface area (Å²) in [4.78, 5) is 7.32. The minimum absolute atomic E-state index is 0.651. The van der Waals surface area contributed by atoms with Crippen LogP contribution in [0.3, 0.4) is 0 Å². The van der Waals surface area contributed by atoms with Gasteiger partial charge in [0, 0.05) is 19.1 Å². The van der Waals surface area contributed by atoms with Crippen LogP contribution in [0.4, 0.5) is 0 Å². The third kappa shape index (κ3) is 6.25. The van der Waals surface area contributed by atoms with Crippen LogP contribution in [0.2, 0.25) is 0 Å². The number of nitrogens with one attached hydrogen (secondary N) is 2. The van der Waals surface area contributed by atoms with Gasteiger partial charge in [-0.05, 0) is 70.5 Å². The number of unbranched alkanes of at least 4 members (excludes halogenated alkanes) is 1. The largest absolute Gasteiger partial charge is 0.357 e. The van der Waals surface area contributed by atoms with Crippen molar-refractivity contribution in [2.75, 3.05) is 32.7 Å². The second-order valence-electron chi connectivity index (χ2n) is 6.96. The summed E-state index contributed by atoms with van der Waals surface area (Å²) in [7, 11) is 0. The smallest absolute Gasteiger partial charge is 0.191 e. The first-order chi connectivity index (χ1) is 10.2. The fourth-order valence-corrected chi connectivity index (χ4v) is 2.94. The summed E-state index contributed by atoms with van der Waals surface area (Å²) in [6.45, 7) is 12.5. The van der Waals surface area contributed by atoms with E-state index in [9.17, 15) is 0 Å². The Labute approximate surface area is 130 Å². The zero-order valence-electron chi connectivity index (χ0n) is 14.2. The highest BCUT2D eigenvalue weighted by atomic mass is 15.2.